The molecule has 2 aliphatic heterocycles. The summed E-state index contributed by atoms with van der Waals surface area (Å²) in [5.74, 6) is -1.18. The highest BCUT2D eigenvalue weighted by Crippen LogP contribution is 2.60. The van der Waals surface area contributed by atoms with E-state index in [1.54, 1.807) is 45.0 Å². The molecule has 21 nitrogen and oxygen atoms in total. The van der Waals surface area contributed by atoms with E-state index in [0.717, 1.165) is 0 Å². The second-order valence-corrected chi connectivity index (χ2v) is 20.8. The molecule has 5 heterocycles. The van der Waals surface area contributed by atoms with Crippen LogP contribution in [0, 0.1) is 5.92 Å². The molecule has 7 rings (SSSR count). The minimum absolute atomic E-state index is 0.0234. The molecule has 1 aliphatic carbocycles. The topological polar surface area (TPSA) is 258 Å². The number of nitrogens with zero attached hydrogens (tertiary/aromatic N) is 6. The van der Waals surface area contributed by atoms with Crippen molar-refractivity contribution in [3.05, 3.63) is 70.7 Å². The number of aromatic nitrogens is 6. The second-order valence-electron chi connectivity index (χ2n) is 15.0. The van der Waals surface area contributed by atoms with E-state index < -0.39 is 86.0 Å². The average Bonchev–Trinajstić information content (AvgIpc) is 3.84. The van der Waals surface area contributed by atoms with Crippen molar-refractivity contribution in [2.75, 3.05) is 25.6 Å². The van der Waals surface area contributed by atoms with Crippen LogP contribution in [0.15, 0.2) is 54.0 Å². The number of amides is 2. The first-order valence-electron chi connectivity index (χ1n) is 18.2. The predicted octanol–water partition coefficient (Wildman–Crippen LogP) is 4.54. The number of carbonyl (C=O) groups excluding carboxylic acids is 2. The first-order chi connectivity index (χ1) is 27.8. The van der Waals surface area contributed by atoms with Crippen LogP contribution < -0.4 is 15.6 Å². The Labute approximate surface area is 347 Å². The van der Waals surface area contributed by atoms with Crippen LogP contribution in [0.4, 0.5) is 10.7 Å². The third-order valence-electron chi connectivity index (χ3n) is 9.43. The van der Waals surface area contributed by atoms with Crippen molar-refractivity contribution in [1.29, 1.82) is 0 Å². The zero-order chi connectivity index (χ0) is 42.3. The van der Waals surface area contributed by atoms with Crippen LogP contribution in [0.25, 0.3) is 11.2 Å². The van der Waals surface area contributed by atoms with Gasteiger partial charge in [0, 0.05) is 43.8 Å². The first kappa shape index (κ1) is 43.2. The van der Waals surface area contributed by atoms with Crippen LogP contribution >= 0.6 is 38.1 Å². The van der Waals surface area contributed by atoms with Crippen molar-refractivity contribution < 1.29 is 56.1 Å². The van der Waals surface area contributed by atoms with Gasteiger partial charge < -0.3 is 28.7 Å². The molecule has 3 fully saturated rings. The molecule has 318 valence electrons. The summed E-state index contributed by atoms with van der Waals surface area (Å²) < 4.78 is 69.1. The van der Waals surface area contributed by atoms with Gasteiger partial charge in [0.05, 0.1) is 25.6 Å². The number of aromatic amines is 1. The molecular weight excluding hydrogens is 854 g/mol. The lowest BCUT2D eigenvalue weighted by atomic mass is 10.1. The number of aliphatic hydroxyl groups excluding tert-OH is 1. The number of ether oxygens (including phenoxy) is 3. The molecule has 1 saturated carbocycles. The molecule has 59 heavy (non-hydrogen) atoms. The van der Waals surface area contributed by atoms with E-state index >= 15 is 0 Å². The molecule has 0 unspecified atom stereocenters. The molecule has 1 aromatic carbocycles. The molecule has 2 bridgehead atoms. The van der Waals surface area contributed by atoms with Gasteiger partial charge in [-0.1, -0.05) is 42.7 Å². The second kappa shape index (κ2) is 17.2. The molecule has 3 aliphatic rings. The molecule has 2 saturated heterocycles. The van der Waals surface area contributed by atoms with Crippen molar-refractivity contribution in [2.24, 2.45) is 5.92 Å². The average molecular weight is 897 g/mol. The van der Waals surface area contributed by atoms with Crippen molar-refractivity contribution in [3.63, 3.8) is 0 Å². The van der Waals surface area contributed by atoms with Gasteiger partial charge in [0.1, 0.15) is 36.3 Å². The number of anilines is 1. The molecule has 2 amide bonds. The van der Waals surface area contributed by atoms with Gasteiger partial charge in [-0.3, -0.25) is 38.0 Å². The number of carbonyl (C=O) groups is 2. The lowest BCUT2D eigenvalue weighted by Crippen LogP contribution is -2.35. The Morgan fingerprint density at radius 3 is 2.56 bits per heavy atom. The van der Waals surface area contributed by atoms with E-state index in [2.05, 4.69) is 54.7 Å². The fourth-order valence-electron chi connectivity index (χ4n) is 6.78. The van der Waals surface area contributed by atoms with E-state index in [4.69, 9.17) is 32.3 Å². The molecular formula is C34H42N8O13P2S2. The quantitative estimate of drug-likeness (QED) is 0.126. The number of benzene rings is 1. The van der Waals surface area contributed by atoms with E-state index in [1.165, 1.54) is 41.4 Å². The summed E-state index contributed by atoms with van der Waals surface area (Å²) in [6.45, 7) is -3.98. The van der Waals surface area contributed by atoms with E-state index in [9.17, 15) is 28.6 Å². The van der Waals surface area contributed by atoms with E-state index in [-0.39, 0.29) is 42.2 Å². The molecule has 0 spiro atoms. The van der Waals surface area contributed by atoms with Gasteiger partial charge in [0.25, 0.3) is 11.5 Å². The van der Waals surface area contributed by atoms with Crippen molar-refractivity contribution in [2.45, 2.75) is 82.5 Å². The minimum Gasteiger partial charge on any atom is -0.474 e. The van der Waals surface area contributed by atoms with Gasteiger partial charge in [-0.05, 0) is 38.8 Å². The van der Waals surface area contributed by atoms with Crippen LogP contribution in [0.1, 0.15) is 55.8 Å². The van der Waals surface area contributed by atoms with Gasteiger partial charge in [-0.15, -0.1) is 0 Å². The molecule has 3 aromatic heterocycles. The Bertz CT molecular complexity index is 2350. The number of H-pyrrole nitrogens is 1. The Kier molecular flexibility index (Phi) is 12.6. The summed E-state index contributed by atoms with van der Waals surface area (Å²) in [6, 6.07) is 8.12. The smallest absolute Gasteiger partial charge is 0.410 e. The number of nitrogens with one attached hydrogen (secondary N) is 2. The van der Waals surface area contributed by atoms with E-state index in [0.29, 0.717) is 17.9 Å². The van der Waals surface area contributed by atoms with Crippen molar-refractivity contribution in [1.82, 2.24) is 34.4 Å². The first-order valence-corrected chi connectivity index (χ1v) is 23.6. The molecule has 9 atom stereocenters. The standard InChI is InChI=1S/C34H42N8O13P2S2/c1-34(2,3)53-33(46)41(4)13-18-7-5-6-8-21(18)29(44)39-32-38-28-25(30(45)40-32)37-17-42(28)31-27-26(43)23(52-31)15-50-56(47,58)54-22-12-20(51-24-9-10-35-16-36-24)11-19(22)14-49-57(48,59)55-27/h5-10,16-17,19-20,22-23,26-27,31,43H,11-15H2,1-4H3,(H,47,58)(H,48,59)(H2,38,39,40,44,45)/t19-,20-,22+,23-,26-,27-,31-,56-,57-/m1/s1. The molecule has 3 N–H and O–H groups in total. The zero-order valence-corrected chi connectivity index (χ0v) is 35.6. The zero-order valence-electron chi connectivity index (χ0n) is 32.0. The Morgan fingerprint density at radius 1 is 1.07 bits per heavy atom. The fraction of sp³-hybridized carbons (Fsp3) is 0.500. The monoisotopic (exact) mass is 896 g/mol. The maximum Gasteiger partial charge on any atom is 0.410 e. The third-order valence-corrected chi connectivity index (χ3v) is 12.7. The molecule has 25 heteroatoms. The summed E-state index contributed by atoms with van der Waals surface area (Å²) in [4.78, 5) is 59.9. The van der Waals surface area contributed by atoms with Gasteiger partial charge in [0.2, 0.25) is 11.8 Å². The van der Waals surface area contributed by atoms with Gasteiger partial charge in [-0.2, -0.15) is 4.98 Å². The van der Waals surface area contributed by atoms with Crippen LogP contribution in [-0.4, -0.2) is 108 Å². The van der Waals surface area contributed by atoms with Crippen LogP contribution in [0.3, 0.4) is 0 Å². The largest absolute Gasteiger partial charge is 0.474 e. The maximum atomic E-state index is 13.8. The molecule has 0 radical (unpaired) electrons. The summed E-state index contributed by atoms with van der Waals surface area (Å²) in [6.07, 6.45) is -3.06. The summed E-state index contributed by atoms with van der Waals surface area (Å²) in [5, 5.41) is 14.0. The number of hydrogen-bond acceptors (Lipinski definition) is 17. The number of hydrogen-bond donors (Lipinski definition) is 5. The lowest BCUT2D eigenvalue weighted by Gasteiger charge is -2.26. The Morgan fingerprint density at radius 2 is 1.81 bits per heavy atom. The SMILES string of the molecule is CN(Cc1ccccc1C(=O)Nc1nc2c(ncn2[C@@H]2O[C@@H]3CO[P@@](=O)(S)O[C@H]4C[C@H](Oc5ccncn5)C[C@@H]4CO[P@@](=O)(S)O[C@@H]2[C@@H]3O)c(=O)[nH]1)C(=O)OC(C)(C)C. The van der Waals surface area contributed by atoms with Gasteiger partial charge in [0.15, 0.2) is 17.4 Å². The maximum absolute atomic E-state index is 13.8. The molecule has 4 aromatic rings. The van der Waals surface area contributed by atoms with Crippen molar-refractivity contribution in [3.8, 4) is 5.88 Å². The summed E-state index contributed by atoms with van der Waals surface area (Å²) in [5.41, 5.74) is -1.13. The van der Waals surface area contributed by atoms with Crippen molar-refractivity contribution >= 4 is 67.2 Å². The predicted molar refractivity (Wildman–Crippen MR) is 214 cm³/mol. The van der Waals surface area contributed by atoms with E-state index in [1.807, 2.05) is 0 Å². The fourth-order valence-corrected chi connectivity index (χ4v) is 9.84. The summed E-state index contributed by atoms with van der Waals surface area (Å²) in [7, 11) is 1.53. The lowest BCUT2D eigenvalue weighted by molar-refractivity contribution is -0.0487. The highest BCUT2D eigenvalue weighted by atomic mass is 32.7. The Hall–Kier alpha value is -3.89. The van der Waals surface area contributed by atoms with Crippen LogP contribution in [-0.2, 0) is 43.2 Å². The van der Waals surface area contributed by atoms with Gasteiger partial charge in [-0.25, -0.2) is 28.9 Å². The van der Waals surface area contributed by atoms with Crippen LogP contribution in [0.2, 0.25) is 0 Å². The van der Waals surface area contributed by atoms with Crippen LogP contribution in [0.5, 0.6) is 5.88 Å². The number of imidazole rings is 1. The highest BCUT2D eigenvalue weighted by molar-refractivity contribution is 8.44. The number of rotatable bonds is 7. The Balaban J connectivity index is 1.12. The number of thiol groups is 2. The normalized spacial score (nSPS) is 30.1. The highest BCUT2D eigenvalue weighted by Gasteiger charge is 2.51. The summed E-state index contributed by atoms with van der Waals surface area (Å²) >= 11 is 8.38. The minimum atomic E-state index is -4.31. The third kappa shape index (κ3) is 10.4. The van der Waals surface area contributed by atoms with Gasteiger partial charge >= 0.3 is 19.7 Å². The number of fused-ring (bicyclic) bond motifs is 4. The number of aliphatic hydroxyl groups is 1.